The zero-order valence-corrected chi connectivity index (χ0v) is 13.3. The van der Waals surface area contributed by atoms with Crippen LogP contribution in [0, 0.1) is 11.3 Å². The summed E-state index contributed by atoms with van der Waals surface area (Å²) in [6.45, 7) is 3.93. The van der Waals surface area contributed by atoms with E-state index >= 15 is 0 Å². The molecule has 3 aromatic heterocycles. The zero-order chi connectivity index (χ0) is 17.3. The first-order valence-electron chi connectivity index (χ1n) is 7.50. The summed E-state index contributed by atoms with van der Waals surface area (Å²) >= 11 is 0. The van der Waals surface area contributed by atoms with E-state index in [0.29, 0.717) is 22.4 Å². The number of hydrogen-bond donors (Lipinski definition) is 3. The molecule has 0 aliphatic carbocycles. The van der Waals surface area contributed by atoms with Crippen molar-refractivity contribution in [2.24, 2.45) is 0 Å². The van der Waals surface area contributed by atoms with Crippen LogP contribution < -0.4 is 10.8 Å². The molecule has 0 saturated heterocycles. The van der Waals surface area contributed by atoms with Crippen LogP contribution in [0.4, 0.5) is 5.69 Å². The van der Waals surface area contributed by atoms with Crippen LogP contribution in [0.2, 0.25) is 0 Å². The molecule has 0 unspecified atom stereocenters. The molecule has 0 aromatic carbocycles. The van der Waals surface area contributed by atoms with Gasteiger partial charge in [-0.1, -0.05) is 0 Å². The standard InChI is InChI=1S/C16H16BN5O2/c1-10(2)21-14-6-15(19-9-13(14)17(23)24)16-4-3-12-5-11(7-18)8-20-22(12)16/h3-6,8-10,23-24H,1-2H3,(H,19,21). The molecule has 0 aliphatic heterocycles. The fourth-order valence-electron chi connectivity index (χ4n) is 2.50. The fourth-order valence-corrected chi connectivity index (χ4v) is 2.50. The molecule has 3 aromatic rings. The second kappa shape index (κ2) is 6.32. The summed E-state index contributed by atoms with van der Waals surface area (Å²) < 4.78 is 1.69. The SMILES string of the molecule is CC(C)Nc1cc(-c2ccc3cc(C#N)cnn23)ncc1B(O)O. The molecule has 3 rings (SSSR count). The van der Waals surface area contributed by atoms with E-state index < -0.39 is 7.12 Å². The summed E-state index contributed by atoms with van der Waals surface area (Å²) in [6, 6.07) is 9.41. The van der Waals surface area contributed by atoms with Crippen molar-refractivity contribution in [1.82, 2.24) is 14.6 Å². The first-order valence-corrected chi connectivity index (χ1v) is 7.50. The Morgan fingerprint density at radius 3 is 2.71 bits per heavy atom. The maximum atomic E-state index is 9.50. The van der Waals surface area contributed by atoms with Crippen LogP contribution in [0.15, 0.2) is 36.7 Å². The summed E-state index contributed by atoms with van der Waals surface area (Å²) in [5, 5.41) is 35.4. The molecule has 8 heteroatoms. The average molecular weight is 321 g/mol. The molecule has 0 aliphatic rings. The quantitative estimate of drug-likeness (QED) is 0.613. The fraction of sp³-hybridized carbons (Fsp3) is 0.188. The van der Waals surface area contributed by atoms with Crippen LogP contribution >= 0.6 is 0 Å². The Bertz CT molecular complexity index is 930. The van der Waals surface area contributed by atoms with Gasteiger partial charge in [-0.05, 0) is 38.1 Å². The van der Waals surface area contributed by atoms with Crippen LogP contribution in [0.3, 0.4) is 0 Å². The molecule has 0 spiro atoms. The predicted octanol–water partition coefficient (Wildman–Crippen LogP) is 0.768. The minimum atomic E-state index is -1.60. The average Bonchev–Trinajstić information content (AvgIpc) is 2.96. The Balaban J connectivity index is 2.11. The molecule has 0 radical (unpaired) electrons. The molecule has 0 atom stereocenters. The molecule has 0 saturated carbocycles. The lowest BCUT2D eigenvalue weighted by molar-refractivity contribution is 0.426. The Hall–Kier alpha value is -2.89. The minimum absolute atomic E-state index is 0.123. The van der Waals surface area contributed by atoms with Crippen molar-refractivity contribution in [2.75, 3.05) is 5.32 Å². The van der Waals surface area contributed by atoms with Crippen molar-refractivity contribution < 1.29 is 10.0 Å². The lowest BCUT2D eigenvalue weighted by Crippen LogP contribution is -2.34. The van der Waals surface area contributed by atoms with Crippen molar-refractivity contribution in [1.29, 1.82) is 5.26 Å². The van der Waals surface area contributed by atoms with E-state index in [9.17, 15) is 10.0 Å². The Labute approximate surface area is 139 Å². The van der Waals surface area contributed by atoms with Crippen LogP contribution in [0.25, 0.3) is 16.9 Å². The van der Waals surface area contributed by atoms with E-state index in [2.05, 4.69) is 21.5 Å². The largest absolute Gasteiger partial charge is 0.492 e. The maximum Gasteiger partial charge on any atom is 0.492 e. The molecule has 24 heavy (non-hydrogen) atoms. The van der Waals surface area contributed by atoms with E-state index in [0.717, 1.165) is 11.2 Å². The summed E-state index contributed by atoms with van der Waals surface area (Å²) in [6.07, 6.45) is 2.93. The van der Waals surface area contributed by atoms with Gasteiger partial charge < -0.3 is 15.4 Å². The van der Waals surface area contributed by atoms with E-state index in [1.807, 2.05) is 26.0 Å². The third-order valence-electron chi connectivity index (χ3n) is 3.55. The summed E-state index contributed by atoms with van der Waals surface area (Å²) in [5.41, 5.74) is 3.58. The number of nitrogens with zero attached hydrogens (tertiary/aromatic N) is 4. The van der Waals surface area contributed by atoms with Crippen molar-refractivity contribution in [3.63, 3.8) is 0 Å². The number of hydrogen-bond acceptors (Lipinski definition) is 6. The molecule has 0 bridgehead atoms. The van der Waals surface area contributed by atoms with E-state index in [-0.39, 0.29) is 6.04 Å². The second-order valence-corrected chi connectivity index (χ2v) is 5.74. The van der Waals surface area contributed by atoms with Crippen LogP contribution in [-0.4, -0.2) is 37.8 Å². The summed E-state index contributed by atoms with van der Waals surface area (Å²) in [5.74, 6) is 0. The molecule has 120 valence electrons. The molecule has 0 amide bonds. The van der Waals surface area contributed by atoms with Gasteiger partial charge in [0.1, 0.15) is 6.07 Å². The second-order valence-electron chi connectivity index (χ2n) is 5.74. The van der Waals surface area contributed by atoms with Gasteiger partial charge in [0.15, 0.2) is 0 Å². The monoisotopic (exact) mass is 321 g/mol. The first-order chi connectivity index (χ1) is 11.5. The van der Waals surface area contributed by atoms with Crippen LogP contribution in [-0.2, 0) is 0 Å². The number of aromatic nitrogens is 3. The number of pyridine rings is 1. The molecular weight excluding hydrogens is 305 g/mol. The summed E-state index contributed by atoms with van der Waals surface area (Å²) in [7, 11) is -1.60. The van der Waals surface area contributed by atoms with Gasteiger partial charge in [-0.25, -0.2) is 4.52 Å². The van der Waals surface area contributed by atoms with Gasteiger partial charge in [0.05, 0.1) is 28.7 Å². The lowest BCUT2D eigenvalue weighted by Gasteiger charge is -2.15. The number of rotatable bonds is 4. The van der Waals surface area contributed by atoms with Gasteiger partial charge in [-0.15, -0.1) is 0 Å². The van der Waals surface area contributed by atoms with Gasteiger partial charge in [0, 0.05) is 23.4 Å². The van der Waals surface area contributed by atoms with Gasteiger partial charge >= 0.3 is 7.12 Å². The smallest absolute Gasteiger partial charge is 0.423 e. The van der Waals surface area contributed by atoms with Crippen molar-refractivity contribution in [3.8, 4) is 17.5 Å². The molecule has 7 nitrogen and oxygen atoms in total. The lowest BCUT2D eigenvalue weighted by atomic mass is 9.80. The molecule has 3 heterocycles. The Morgan fingerprint density at radius 2 is 2.04 bits per heavy atom. The maximum absolute atomic E-state index is 9.50. The highest BCUT2D eigenvalue weighted by molar-refractivity contribution is 6.60. The van der Waals surface area contributed by atoms with Crippen LogP contribution in [0.1, 0.15) is 19.4 Å². The number of fused-ring (bicyclic) bond motifs is 1. The van der Waals surface area contributed by atoms with E-state index in [4.69, 9.17) is 5.26 Å². The molecule has 3 N–H and O–H groups in total. The number of nitriles is 1. The van der Waals surface area contributed by atoms with Gasteiger partial charge in [0.2, 0.25) is 0 Å². The highest BCUT2D eigenvalue weighted by Crippen LogP contribution is 2.22. The van der Waals surface area contributed by atoms with Crippen LogP contribution in [0.5, 0.6) is 0 Å². The van der Waals surface area contributed by atoms with E-state index in [1.165, 1.54) is 12.4 Å². The number of nitrogens with one attached hydrogen (secondary N) is 1. The Morgan fingerprint density at radius 1 is 1.25 bits per heavy atom. The zero-order valence-electron chi connectivity index (χ0n) is 13.3. The normalized spacial score (nSPS) is 10.8. The highest BCUT2D eigenvalue weighted by Gasteiger charge is 2.19. The molecular formula is C16H16BN5O2. The topological polar surface area (TPSA) is 106 Å². The van der Waals surface area contributed by atoms with Gasteiger partial charge in [-0.2, -0.15) is 10.4 Å². The highest BCUT2D eigenvalue weighted by atomic mass is 16.4. The Kier molecular flexibility index (Phi) is 4.21. The van der Waals surface area contributed by atoms with Gasteiger partial charge in [0.25, 0.3) is 0 Å². The number of anilines is 1. The summed E-state index contributed by atoms with van der Waals surface area (Å²) in [4.78, 5) is 4.32. The third-order valence-corrected chi connectivity index (χ3v) is 3.55. The van der Waals surface area contributed by atoms with Crippen molar-refractivity contribution in [2.45, 2.75) is 19.9 Å². The minimum Gasteiger partial charge on any atom is -0.423 e. The predicted molar refractivity (Wildman–Crippen MR) is 91.7 cm³/mol. The van der Waals surface area contributed by atoms with Crippen molar-refractivity contribution in [3.05, 3.63) is 42.2 Å². The van der Waals surface area contributed by atoms with E-state index in [1.54, 1.807) is 16.6 Å². The molecule has 0 fully saturated rings. The third kappa shape index (κ3) is 2.95. The first kappa shape index (κ1) is 16.0. The van der Waals surface area contributed by atoms with Gasteiger partial charge in [-0.3, -0.25) is 4.98 Å². The van der Waals surface area contributed by atoms with Crippen molar-refractivity contribution >= 4 is 23.8 Å².